The van der Waals surface area contributed by atoms with E-state index in [-0.39, 0.29) is 11.8 Å². The van der Waals surface area contributed by atoms with Gasteiger partial charge in [0, 0.05) is 30.3 Å². The van der Waals surface area contributed by atoms with Crippen molar-refractivity contribution in [3.63, 3.8) is 0 Å². The number of aromatic amines is 1. The number of anilines is 1. The molecule has 0 fully saturated rings. The van der Waals surface area contributed by atoms with Gasteiger partial charge in [0.1, 0.15) is 0 Å². The SMILES string of the molecule is CCCCN(C(=O)C1CCc2nc[nH]c2C1)c1ccccc1. The average Bonchev–Trinajstić information content (AvgIpc) is 3.03. The van der Waals surface area contributed by atoms with E-state index in [4.69, 9.17) is 0 Å². The van der Waals surface area contributed by atoms with Crippen molar-refractivity contribution in [2.45, 2.75) is 39.0 Å². The van der Waals surface area contributed by atoms with Gasteiger partial charge in [-0.3, -0.25) is 4.79 Å². The molecule has 0 saturated heterocycles. The second-order valence-electron chi connectivity index (χ2n) is 5.95. The number of amides is 1. The maximum atomic E-state index is 13.0. The molecule has 3 rings (SSSR count). The maximum absolute atomic E-state index is 13.0. The molecule has 0 spiro atoms. The number of benzene rings is 1. The van der Waals surface area contributed by atoms with Crippen LogP contribution in [-0.2, 0) is 17.6 Å². The lowest BCUT2D eigenvalue weighted by Gasteiger charge is -2.29. The molecule has 1 N–H and O–H groups in total. The highest BCUT2D eigenvalue weighted by molar-refractivity contribution is 5.95. The van der Waals surface area contributed by atoms with Gasteiger partial charge in [-0.05, 0) is 31.4 Å². The second-order valence-corrected chi connectivity index (χ2v) is 5.95. The van der Waals surface area contributed by atoms with E-state index in [0.717, 1.165) is 55.7 Å². The fourth-order valence-electron chi connectivity index (χ4n) is 3.12. The van der Waals surface area contributed by atoms with Gasteiger partial charge >= 0.3 is 0 Å². The van der Waals surface area contributed by atoms with Crippen LogP contribution in [0.1, 0.15) is 37.6 Å². The molecular formula is C18H23N3O. The summed E-state index contributed by atoms with van der Waals surface area (Å²) in [5.74, 6) is 0.310. The number of unbranched alkanes of at least 4 members (excludes halogenated alkanes) is 1. The molecule has 4 heteroatoms. The van der Waals surface area contributed by atoms with Gasteiger partial charge in [-0.1, -0.05) is 31.5 Å². The summed E-state index contributed by atoms with van der Waals surface area (Å²) < 4.78 is 0. The van der Waals surface area contributed by atoms with E-state index in [0.29, 0.717) is 0 Å². The highest BCUT2D eigenvalue weighted by Crippen LogP contribution is 2.27. The van der Waals surface area contributed by atoms with Gasteiger partial charge in [-0.2, -0.15) is 0 Å². The monoisotopic (exact) mass is 297 g/mol. The van der Waals surface area contributed by atoms with Crippen LogP contribution in [0.4, 0.5) is 5.69 Å². The number of imidazole rings is 1. The molecule has 22 heavy (non-hydrogen) atoms. The van der Waals surface area contributed by atoms with Crippen molar-refractivity contribution in [3.05, 3.63) is 48.0 Å². The molecular weight excluding hydrogens is 274 g/mol. The lowest BCUT2D eigenvalue weighted by Crippen LogP contribution is -2.39. The summed E-state index contributed by atoms with van der Waals surface area (Å²) in [6, 6.07) is 10.0. The zero-order valence-corrected chi connectivity index (χ0v) is 13.1. The summed E-state index contributed by atoms with van der Waals surface area (Å²) in [6.45, 7) is 2.96. The van der Waals surface area contributed by atoms with Crippen LogP contribution >= 0.6 is 0 Å². The fraction of sp³-hybridized carbons (Fsp3) is 0.444. The molecule has 1 aromatic heterocycles. The molecule has 2 aromatic rings. The number of aryl methyl sites for hydroxylation is 1. The molecule has 1 aliphatic rings. The molecule has 1 heterocycles. The minimum Gasteiger partial charge on any atom is -0.348 e. The summed E-state index contributed by atoms with van der Waals surface area (Å²) in [6.07, 6.45) is 6.43. The van der Waals surface area contributed by atoms with Crippen LogP contribution in [0.3, 0.4) is 0 Å². The number of nitrogens with zero attached hydrogens (tertiary/aromatic N) is 2. The van der Waals surface area contributed by atoms with Gasteiger partial charge < -0.3 is 9.88 Å². The van der Waals surface area contributed by atoms with Gasteiger partial charge in [0.25, 0.3) is 0 Å². The van der Waals surface area contributed by atoms with Crippen LogP contribution in [-0.4, -0.2) is 22.4 Å². The average molecular weight is 297 g/mol. The van der Waals surface area contributed by atoms with E-state index in [1.54, 1.807) is 6.33 Å². The number of rotatable bonds is 5. The number of H-pyrrole nitrogens is 1. The number of carbonyl (C=O) groups is 1. The maximum Gasteiger partial charge on any atom is 0.230 e. The van der Waals surface area contributed by atoms with Crippen LogP contribution < -0.4 is 4.90 Å². The molecule has 1 aliphatic carbocycles. The Labute approximate surface area is 131 Å². The number of hydrogen-bond acceptors (Lipinski definition) is 2. The summed E-state index contributed by atoms with van der Waals surface area (Å²) in [5.41, 5.74) is 3.27. The number of fused-ring (bicyclic) bond motifs is 1. The van der Waals surface area contributed by atoms with E-state index < -0.39 is 0 Å². The minimum atomic E-state index is 0.0602. The molecule has 116 valence electrons. The van der Waals surface area contributed by atoms with Gasteiger partial charge in [-0.25, -0.2) is 4.98 Å². The zero-order chi connectivity index (χ0) is 15.4. The summed E-state index contributed by atoms with van der Waals surface area (Å²) >= 11 is 0. The third kappa shape index (κ3) is 3.06. The number of aromatic nitrogens is 2. The lowest BCUT2D eigenvalue weighted by atomic mass is 9.88. The molecule has 1 aromatic carbocycles. The smallest absolute Gasteiger partial charge is 0.230 e. The standard InChI is InChI=1S/C18H23N3O/c1-2-3-11-21(15-7-5-4-6-8-15)18(22)14-9-10-16-17(12-14)20-13-19-16/h4-8,13-14H,2-3,9-12H2,1H3,(H,19,20). The van der Waals surface area contributed by atoms with Gasteiger partial charge in [0.15, 0.2) is 0 Å². The van der Waals surface area contributed by atoms with Crippen molar-refractivity contribution in [1.82, 2.24) is 9.97 Å². The molecule has 0 radical (unpaired) electrons. The Bertz CT molecular complexity index is 620. The van der Waals surface area contributed by atoms with E-state index in [1.165, 1.54) is 0 Å². The van der Waals surface area contributed by atoms with Crippen LogP contribution in [0.25, 0.3) is 0 Å². The molecule has 1 atom stereocenters. The van der Waals surface area contributed by atoms with Gasteiger partial charge in [0.2, 0.25) is 5.91 Å². The Morgan fingerprint density at radius 2 is 2.18 bits per heavy atom. The molecule has 0 bridgehead atoms. The normalized spacial score (nSPS) is 17.0. The third-order valence-electron chi connectivity index (χ3n) is 4.41. The van der Waals surface area contributed by atoms with Crippen LogP contribution in [0.15, 0.2) is 36.7 Å². The quantitative estimate of drug-likeness (QED) is 0.920. The molecule has 0 saturated carbocycles. The number of hydrogen-bond donors (Lipinski definition) is 1. The highest BCUT2D eigenvalue weighted by Gasteiger charge is 2.30. The first-order valence-corrected chi connectivity index (χ1v) is 8.17. The summed E-state index contributed by atoms with van der Waals surface area (Å²) in [7, 11) is 0. The predicted octanol–water partition coefficient (Wildman–Crippen LogP) is 3.35. The molecule has 1 amide bonds. The summed E-state index contributed by atoms with van der Waals surface area (Å²) in [4.78, 5) is 22.5. The van der Waals surface area contributed by atoms with Gasteiger partial charge in [0.05, 0.1) is 12.0 Å². The summed E-state index contributed by atoms with van der Waals surface area (Å²) in [5, 5.41) is 0. The van der Waals surface area contributed by atoms with Crippen LogP contribution in [0.2, 0.25) is 0 Å². The Kier molecular flexibility index (Phi) is 4.56. The number of nitrogens with one attached hydrogen (secondary N) is 1. The van der Waals surface area contributed by atoms with Crippen molar-refractivity contribution in [2.24, 2.45) is 5.92 Å². The van der Waals surface area contributed by atoms with Crippen molar-refractivity contribution >= 4 is 11.6 Å². The molecule has 4 nitrogen and oxygen atoms in total. The predicted molar refractivity (Wildman–Crippen MR) is 87.8 cm³/mol. The number of para-hydroxylation sites is 1. The van der Waals surface area contributed by atoms with Gasteiger partial charge in [-0.15, -0.1) is 0 Å². The first-order valence-electron chi connectivity index (χ1n) is 8.17. The van der Waals surface area contributed by atoms with Crippen LogP contribution in [0.5, 0.6) is 0 Å². The van der Waals surface area contributed by atoms with Crippen molar-refractivity contribution < 1.29 is 4.79 Å². The van der Waals surface area contributed by atoms with E-state index in [9.17, 15) is 4.79 Å². The van der Waals surface area contributed by atoms with Crippen molar-refractivity contribution in [3.8, 4) is 0 Å². The Morgan fingerprint density at radius 1 is 1.36 bits per heavy atom. The fourth-order valence-corrected chi connectivity index (χ4v) is 3.12. The van der Waals surface area contributed by atoms with E-state index in [1.807, 2.05) is 35.2 Å². The van der Waals surface area contributed by atoms with Crippen molar-refractivity contribution in [2.75, 3.05) is 11.4 Å². The largest absolute Gasteiger partial charge is 0.348 e. The number of carbonyl (C=O) groups excluding carboxylic acids is 1. The Morgan fingerprint density at radius 3 is 2.95 bits per heavy atom. The molecule has 1 unspecified atom stereocenters. The molecule has 0 aliphatic heterocycles. The first kappa shape index (κ1) is 14.8. The Hall–Kier alpha value is -2.10. The zero-order valence-electron chi connectivity index (χ0n) is 13.1. The second kappa shape index (κ2) is 6.77. The van der Waals surface area contributed by atoms with E-state index in [2.05, 4.69) is 16.9 Å². The third-order valence-corrected chi connectivity index (χ3v) is 4.41. The van der Waals surface area contributed by atoms with Crippen molar-refractivity contribution in [1.29, 1.82) is 0 Å². The van der Waals surface area contributed by atoms with Crippen LogP contribution in [0, 0.1) is 5.92 Å². The first-order chi connectivity index (χ1) is 10.8. The Balaban J connectivity index is 1.78. The highest BCUT2D eigenvalue weighted by atomic mass is 16.2. The topological polar surface area (TPSA) is 49.0 Å². The van der Waals surface area contributed by atoms with E-state index >= 15 is 0 Å². The lowest BCUT2D eigenvalue weighted by molar-refractivity contribution is -0.122. The minimum absolute atomic E-state index is 0.0602.